The number of hydrogen-bond donors (Lipinski definition) is 3. The Kier molecular flexibility index (Phi) is 3.69. The summed E-state index contributed by atoms with van der Waals surface area (Å²) in [5.41, 5.74) is 5.27. The van der Waals surface area contributed by atoms with Crippen molar-refractivity contribution in [2.75, 3.05) is 6.61 Å². The molecule has 1 aromatic rings. The number of benzene rings is 1. The van der Waals surface area contributed by atoms with E-state index in [9.17, 15) is 20.3 Å². The van der Waals surface area contributed by atoms with Gasteiger partial charge in [-0.15, -0.1) is 0 Å². The molecule has 0 fully saturated rings. The first kappa shape index (κ1) is 13.4. The summed E-state index contributed by atoms with van der Waals surface area (Å²) in [6, 6.07) is 2.97. The Morgan fingerprint density at radius 1 is 1.53 bits per heavy atom. The van der Waals surface area contributed by atoms with Crippen molar-refractivity contribution in [3.05, 3.63) is 33.9 Å². The molecule has 0 saturated heterocycles. The van der Waals surface area contributed by atoms with Crippen LogP contribution in [0.4, 0.5) is 5.69 Å². The van der Waals surface area contributed by atoms with Crippen LogP contribution in [-0.4, -0.2) is 21.7 Å². The van der Waals surface area contributed by atoms with E-state index < -0.39 is 16.4 Å². The van der Waals surface area contributed by atoms with Crippen molar-refractivity contribution in [2.45, 2.75) is 19.9 Å². The minimum Gasteiger partial charge on any atom is -0.508 e. The summed E-state index contributed by atoms with van der Waals surface area (Å²) < 4.78 is 0. The fourth-order valence-electron chi connectivity index (χ4n) is 1.48. The molecule has 0 unspecified atom stereocenters. The molecule has 0 aliphatic carbocycles. The summed E-state index contributed by atoms with van der Waals surface area (Å²) in [5, 5.41) is 29.4. The van der Waals surface area contributed by atoms with Gasteiger partial charge in [0, 0.05) is 24.1 Å². The third-order valence-corrected chi connectivity index (χ3v) is 2.79. The van der Waals surface area contributed by atoms with Crippen molar-refractivity contribution in [3.8, 4) is 5.75 Å². The molecule has 6 heteroatoms. The van der Waals surface area contributed by atoms with Gasteiger partial charge in [-0.3, -0.25) is 10.1 Å². The third-order valence-electron chi connectivity index (χ3n) is 2.79. The van der Waals surface area contributed by atoms with Crippen LogP contribution in [0.2, 0.25) is 0 Å². The Morgan fingerprint density at radius 3 is 2.59 bits per heavy atom. The molecular formula is C11H16N2O4. The number of hydrogen-bond acceptors (Lipinski definition) is 5. The van der Waals surface area contributed by atoms with E-state index in [2.05, 4.69) is 0 Å². The molecule has 6 nitrogen and oxygen atoms in total. The van der Waals surface area contributed by atoms with Gasteiger partial charge in [0.2, 0.25) is 0 Å². The van der Waals surface area contributed by atoms with Crippen molar-refractivity contribution in [1.82, 2.24) is 0 Å². The Balaban J connectivity index is 3.29. The highest BCUT2D eigenvalue weighted by molar-refractivity contribution is 5.47. The van der Waals surface area contributed by atoms with Gasteiger partial charge in [-0.05, 0) is 12.1 Å². The monoisotopic (exact) mass is 240 g/mol. The van der Waals surface area contributed by atoms with Crippen LogP contribution in [0.5, 0.6) is 5.75 Å². The average molecular weight is 240 g/mol. The Hall–Kier alpha value is -1.66. The van der Waals surface area contributed by atoms with Gasteiger partial charge in [0.1, 0.15) is 5.75 Å². The second-order valence-corrected chi connectivity index (χ2v) is 4.62. The molecule has 1 atom stereocenters. The van der Waals surface area contributed by atoms with Crippen molar-refractivity contribution in [3.63, 3.8) is 0 Å². The molecule has 0 bridgehead atoms. The number of nitro groups is 1. The lowest BCUT2D eigenvalue weighted by Gasteiger charge is -2.29. The fraction of sp³-hybridized carbons (Fsp3) is 0.455. The first-order valence-corrected chi connectivity index (χ1v) is 5.13. The van der Waals surface area contributed by atoms with Crippen molar-refractivity contribution in [1.29, 1.82) is 0 Å². The van der Waals surface area contributed by atoms with Crippen LogP contribution in [0.1, 0.15) is 25.5 Å². The molecule has 0 aromatic heterocycles. The van der Waals surface area contributed by atoms with E-state index >= 15 is 0 Å². The highest BCUT2D eigenvalue weighted by atomic mass is 16.6. The van der Waals surface area contributed by atoms with Crippen LogP contribution in [-0.2, 0) is 0 Å². The molecule has 0 aliphatic heterocycles. The summed E-state index contributed by atoms with van der Waals surface area (Å²) in [7, 11) is 0. The van der Waals surface area contributed by atoms with Gasteiger partial charge in [0.25, 0.3) is 5.69 Å². The van der Waals surface area contributed by atoms with Crippen LogP contribution in [0.15, 0.2) is 18.2 Å². The summed E-state index contributed by atoms with van der Waals surface area (Å²) in [5.74, 6) is -0.0882. The molecule has 0 spiro atoms. The van der Waals surface area contributed by atoms with Gasteiger partial charge in [-0.25, -0.2) is 0 Å². The summed E-state index contributed by atoms with van der Waals surface area (Å²) in [6.07, 6.45) is 0. The van der Waals surface area contributed by atoms with Crippen LogP contribution in [0.25, 0.3) is 0 Å². The molecule has 0 aliphatic rings. The summed E-state index contributed by atoms with van der Waals surface area (Å²) >= 11 is 0. The zero-order valence-electron chi connectivity index (χ0n) is 9.75. The van der Waals surface area contributed by atoms with E-state index in [4.69, 9.17) is 5.73 Å². The summed E-state index contributed by atoms with van der Waals surface area (Å²) in [6.45, 7) is 3.19. The molecule has 1 rings (SSSR count). The van der Waals surface area contributed by atoms with E-state index in [1.807, 2.05) is 0 Å². The van der Waals surface area contributed by atoms with Crippen LogP contribution in [0.3, 0.4) is 0 Å². The number of aliphatic hydroxyl groups excluding tert-OH is 1. The van der Waals surface area contributed by atoms with Gasteiger partial charge in [-0.2, -0.15) is 0 Å². The smallest absolute Gasteiger partial charge is 0.274 e. The topological polar surface area (TPSA) is 110 Å². The summed E-state index contributed by atoms with van der Waals surface area (Å²) in [4.78, 5) is 10.3. The number of aliphatic hydroxyl groups is 1. The SMILES string of the molecule is CC(C)(CO)[C@H](N)c1cc(O)ccc1[N+](=O)[O-]. The number of phenols is 1. The number of nitrogens with two attached hydrogens (primary N) is 1. The molecular weight excluding hydrogens is 224 g/mol. The Morgan fingerprint density at radius 2 is 2.12 bits per heavy atom. The first-order valence-electron chi connectivity index (χ1n) is 5.13. The van der Waals surface area contributed by atoms with Crippen LogP contribution < -0.4 is 5.73 Å². The fourth-order valence-corrected chi connectivity index (χ4v) is 1.48. The maximum Gasteiger partial charge on any atom is 0.274 e. The highest BCUT2D eigenvalue weighted by Gasteiger charge is 2.32. The zero-order valence-corrected chi connectivity index (χ0v) is 9.75. The second kappa shape index (κ2) is 4.68. The van der Waals surface area contributed by atoms with Crippen molar-refractivity contribution >= 4 is 5.69 Å². The van der Waals surface area contributed by atoms with Gasteiger partial charge in [0.05, 0.1) is 10.5 Å². The average Bonchev–Trinajstić information content (AvgIpc) is 2.27. The van der Waals surface area contributed by atoms with Gasteiger partial charge < -0.3 is 15.9 Å². The van der Waals surface area contributed by atoms with Gasteiger partial charge in [-0.1, -0.05) is 13.8 Å². The maximum absolute atomic E-state index is 10.9. The molecule has 94 valence electrons. The van der Waals surface area contributed by atoms with Crippen LogP contribution in [0, 0.1) is 15.5 Å². The second-order valence-electron chi connectivity index (χ2n) is 4.62. The normalized spacial score (nSPS) is 13.4. The predicted octanol–water partition coefficient (Wildman–Crippen LogP) is 1.32. The van der Waals surface area contributed by atoms with E-state index in [0.29, 0.717) is 0 Å². The third kappa shape index (κ3) is 2.72. The van der Waals surface area contributed by atoms with Crippen LogP contribution >= 0.6 is 0 Å². The predicted molar refractivity (Wildman–Crippen MR) is 62.6 cm³/mol. The molecule has 0 saturated carbocycles. The maximum atomic E-state index is 10.9. The molecule has 17 heavy (non-hydrogen) atoms. The largest absolute Gasteiger partial charge is 0.508 e. The molecule has 0 radical (unpaired) electrons. The lowest BCUT2D eigenvalue weighted by Crippen LogP contribution is -2.32. The van der Waals surface area contributed by atoms with Crippen molar-refractivity contribution < 1.29 is 15.1 Å². The lowest BCUT2D eigenvalue weighted by molar-refractivity contribution is -0.385. The first-order chi connectivity index (χ1) is 7.79. The van der Waals surface area contributed by atoms with Crippen molar-refractivity contribution in [2.24, 2.45) is 11.1 Å². The van der Waals surface area contributed by atoms with E-state index in [1.165, 1.54) is 18.2 Å². The number of rotatable bonds is 4. The number of nitrogens with zero attached hydrogens (tertiary/aromatic N) is 1. The van der Waals surface area contributed by atoms with E-state index in [-0.39, 0.29) is 23.6 Å². The molecule has 0 amide bonds. The number of nitro benzene ring substituents is 1. The molecule has 1 aromatic carbocycles. The Bertz CT molecular complexity index is 431. The molecule has 4 N–H and O–H groups in total. The van der Waals surface area contributed by atoms with Gasteiger partial charge in [0.15, 0.2) is 0 Å². The minimum absolute atomic E-state index is 0.0882. The Labute approximate surface area is 98.8 Å². The molecule has 0 heterocycles. The lowest BCUT2D eigenvalue weighted by atomic mass is 9.81. The highest BCUT2D eigenvalue weighted by Crippen LogP contribution is 2.37. The standard InChI is InChI=1S/C11H16N2O4/c1-11(2,6-14)10(12)8-5-7(15)3-4-9(8)13(16)17/h3-5,10,14-15H,6,12H2,1-2H3/t10-/m1/s1. The van der Waals surface area contributed by atoms with E-state index in [1.54, 1.807) is 13.8 Å². The quantitative estimate of drug-likeness (QED) is 0.543. The number of phenolic OH excluding ortho intramolecular Hbond substituents is 1. The van der Waals surface area contributed by atoms with E-state index in [0.717, 1.165) is 0 Å². The van der Waals surface area contributed by atoms with Gasteiger partial charge >= 0.3 is 0 Å². The zero-order chi connectivity index (χ0) is 13.2. The number of aromatic hydroxyl groups is 1. The minimum atomic E-state index is -0.736.